The number of carbonyl (C=O) groups excluding carboxylic acids is 1. The molecule has 2 heterocycles. The number of aryl methyl sites for hydroxylation is 2. The van der Waals surface area contributed by atoms with E-state index in [9.17, 15) is 4.79 Å². The maximum atomic E-state index is 12.9. The Bertz CT molecular complexity index is 802. The topological polar surface area (TPSA) is 54.5 Å². The molecule has 5 nitrogen and oxygen atoms in total. The zero-order valence-electron chi connectivity index (χ0n) is 17.5. The van der Waals surface area contributed by atoms with Gasteiger partial charge in [0.25, 0.3) is 5.91 Å². The van der Waals surface area contributed by atoms with Gasteiger partial charge in [-0.3, -0.25) is 9.69 Å². The molecular formula is C22H31N3O2S. The van der Waals surface area contributed by atoms with Crippen LogP contribution in [-0.2, 0) is 10.2 Å². The molecule has 28 heavy (non-hydrogen) atoms. The second kappa shape index (κ2) is 8.72. The Balaban J connectivity index is 1.75. The number of nitrogens with zero attached hydrogens (tertiary/aromatic N) is 2. The summed E-state index contributed by atoms with van der Waals surface area (Å²) in [5, 5.41) is 4.16. The van der Waals surface area contributed by atoms with Crippen LogP contribution in [0.15, 0.2) is 24.3 Å². The molecule has 1 saturated heterocycles. The summed E-state index contributed by atoms with van der Waals surface area (Å²) in [6.07, 6.45) is 0. The summed E-state index contributed by atoms with van der Waals surface area (Å²) in [5.74, 6) is -0.0316. The van der Waals surface area contributed by atoms with E-state index in [1.807, 2.05) is 6.92 Å². The van der Waals surface area contributed by atoms with Crippen LogP contribution in [0.1, 0.15) is 58.3 Å². The third kappa shape index (κ3) is 4.99. The number of hydrogen-bond acceptors (Lipinski definition) is 5. The monoisotopic (exact) mass is 401 g/mol. The van der Waals surface area contributed by atoms with Gasteiger partial charge in [0.05, 0.1) is 30.0 Å². The Morgan fingerprint density at radius 1 is 1.21 bits per heavy atom. The fourth-order valence-corrected chi connectivity index (χ4v) is 4.37. The number of thiazole rings is 1. The van der Waals surface area contributed by atoms with Crippen molar-refractivity contribution in [3.05, 3.63) is 51.0 Å². The first kappa shape index (κ1) is 21.0. The first-order valence-corrected chi connectivity index (χ1v) is 10.7. The van der Waals surface area contributed by atoms with Crippen molar-refractivity contribution in [1.29, 1.82) is 0 Å². The fraction of sp³-hybridized carbons (Fsp3) is 0.545. The Kier molecular flexibility index (Phi) is 6.53. The van der Waals surface area contributed by atoms with Gasteiger partial charge in [-0.15, -0.1) is 11.3 Å². The summed E-state index contributed by atoms with van der Waals surface area (Å²) in [6.45, 7) is 14.2. The summed E-state index contributed by atoms with van der Waals surface area (Å²) in [5.41, 5.74) is 3.23. The summed E-state index contributed by atoms with van der Waals surface area (Å²) in [6, 6.07) is 8.74. The van der Waals surface area contributed by atoms with Crippen LogP contribution in [0.2, 0.25) is 0 Å². The van der Waals surface area contributed by atoms with Crippen LogP contribution in [0, 0.1) is 13.8 Å². The van der Waals surface area contributed by atoms with Crippen LogP contribution >= 0.6 is 11.3 Å². The Morgan fingerprint density at radius 2 is 1.86 bits per heavy atom. The number of nitrogens with one attached hydrogen (secondary N) is 1. The van der Waals surface area contributed by atoms with Crippen LogP contribution in [0.25, 0.3) is 0 Å². The van der Waals surface area contributed by atoms with Crippen LogP contribution in [-0.4, -0.2) is 48.6 Å². The molecule has 1 unspecified atom stereocenters. The van der Waals surface area contributed by atoms with Gasteiger partial charge in [-0.05, 0) is 19.4 Å². The molecule has 1 N–H and O–H groups in total. The fourth-order valence-electron chi connectivity index (χ4n) is 3.33. The van der Waals surface area contributed by atoms with E-state index in [0.717, 1.165) is 41.9 Å². The molecule has 6 heteroatoms. The van der Waals surface area contributed by atoms with Gasteiger partial charge in [-0.2, -0.15) is 0 Å². The lowest BCUT2D eigenvalue weighted by molar-refractivity contribution is 0.0162. The zero-order chi connectivity index (χ0) is 20.3. The van der Waals surface area contributed by atoms with Gasteiger partial charge in [0.15, 0.2) is 0 Å². The highest BCUT2D eigenvalue weighted by Gasteiger charge is 2.26. The van der Waals surface area contributed by atoms with E-state index in [2.05, 4.69) is 67.2 Å². The second-order valence-electron chi connectivity index (χ2n) is 8.47. The summed E-state index contributed by atoms with van der Waals surface area (Å²) in [7, 11) is 0. The number of hydrogen-bond donors (Lipinski definition) is 1. The lowest BCUT2D eigenvalue weighted by Gasteiger charge is -2.35. The number of rotatable bonds is 5. The SMILES string of the molecule is Cc1ccc(C(CNC(=O)c2sc(C(C)(C)C)nc2C)N2CCOCC2)cc1. The smallest absolute Gasteiger partial charge is 0.263 e. The van der Waals surface area contributed by atoms with E-state index < -0.39 is 0 Å². The normalized spacial score (nSPS) is 16.8. The molecule has 1 aromatic heterocycles. The van der Waals surface area contributed by atoms with E-state index in [0.29, 0.717) is 6.54 Å². The van der Waals surface area contributed by atoms with Crippen molar-refractivity contribution < 1.29 is 9.53 Å². The second-order valence-corrected chi connectivity index (χ2v) is 9.47. The zero-order valence-corrected chi connectivity index (χ0v) is 18.4. The quantitative estimate of drug-likeness (QED) is 0.827. The molecule has 1 aliphatic heterocycles. The highest BCUT2D eigenvalue weighted by Crippen LogP contribution is 2.29. The summed E-state index contributed by atoms with van der Waals surface area (Å²) >= 11 is 1.50. The third-order valence-corrected chi connectivity index (χ3v) is 6.63. The summed E-state index contributed by atoms with van der Waals surface area (Å²) < 4.78 is 5.51. The molecule has 0 saturated carbocycles. The van der Waals surface area contributed by atoms with Crippen LogP contribution < -0.4 is 5.32 Å². The van der Waals surface area contributed by atoms with Crippen molar-refractivity contribution >= 4 is 17.2 Å². The van der Waals surface area contributed by atoms with Gasteiger partial charge in [0.2, 0.25) is 0 Å². The van der Waals surface area contributed by atoms with E-state index in [1.165, 1.54) is 22.5 Å². The molecule has 152 valence electrons. The Morgan fingerprint density at radius 3 is 2.43 bits per heavy atom. The standard InChI is InChI=1S/C22H31N3O2S/c1-15-6-8-17(9-7-15)18(25-10-12-27-13-11-25)14-23-20(26)19-16(2)24-21(28-19)22(3,4)5/h6-9,18H,10-14H2,1-5H3,(H,23,26). The minimum absolute atomic E-state index is 0.0316. The number of benzene rings is 1. The number of amides is 1. The molecule has 1 fully saturated rings. The van der Waals surface area contributed by atoms with Gasteiger partial charge in [0.1, 0.15) is 4.88 Å². The number of ether oxygens (including phenoxy) is 1. The first-order valence-electron chi connectivity index (χ1n) is 9.90. The molecule has 0 spiro atoms. The molecule has 0 radical (unpaired) electrons. The predicted molar refractivity (Wildman–Crippen MR) is 114 cm³/mol. The third-order valence-electron chi connectivity index (χ3n) is 5.05. The van der Waals surface area contributed by atoms with Gasteiger partial charge < -0.3 is 10.1 Å². The molecular weight excluding hydrogens is 370 g/mol. The van der Waals surface area contributed by atoms with Gasteiger partial charge in [0, 0.05) is 25.0 Å². The van der Waals surface area contributed by atoms with E-state index >= 15 is 0 Å². The van der Waals surface area contributed by atoms with Crippen molar-refractivity contribution in [1.82, 2.24) is 15.2 Å². The number of morpholine rings is 1. The van der Waals surface area contributed by atoms with Crippen LogP contribution in [0.3, 0.4) is 0 Å². The minimum atomic E-state index is -0.0494. The lowest BCUT2D eigenvalue weighted by Crippen LogP contribution is -2.43. The van der Waals surface area contributed by atoms with Crippen molar-refractivity contribution in [2.75, 3.05) is 32.8 Å². The number of carbonyl (C=O) groups is 1. The Hall–Kier alpha value is -1.76. The average molecular weight is 402 g/mol. The first-order chi connectivity index (χ1) is 13.3. The van der Waals surface area contributed by atoms with Gasteiger partial charge in [-0.25, -0.2) is 4.98 Å². The molecule has 2 aromatic rings. The van der Waals surface area contributed by atoms with Crippen molar-refractivity contribution in [2.45, 2.75) is 46.1 Å². The molecule has 0 bridgehead atoms. The molecule has 1 aromatic carbocycles. The summed E-state index contributed by atoms with van der Waals surface area (Å²) in [4.78, 5) is 20.6. The van der Waals surface area contributed by atoms with Gasteiger partial charge >= 0.3 is 0 Å². The van der Waals surface area contributed by atoms with Crippen molar-refractivity contribution in [2.24, 2.45) is 0 Å². The molecule has 1 amide bonds. The molecule has 3 rings (SSSR count). The highest BCUT2D eigenvalue weighted by atomic mass is 32.1. The maximum Gasteiger partial charge on any atom is 0.263 e. The van der Waals surface area contributed by atoms with E-state index in [-0.39, 0.29) is 17.4 Å². The van der Waals surface area contributed by atoms with Crippen LogP contribution in [0.4, 0.5) is 0 Å². The molecule has 0 aliphatic carbocycles. The maximum absolute atomic E-state index is 12.9. The van der Waals surface area contributed by atoms with Crippen LogP contribution in [0.5, 0.6) is 0 Å². The van der Waals surface area contributed by atoms with Crippen molar-refractivity contribution in [3.8, 4) is 0 Å². The molecule has 1 aliphatic rings. The Labute approximate surface area is 172 Å². The highest BCUT2D eigenvalue weighted by molar-refractivity contribution is 7.14. The van der Waals surface area contributed by atoms with E-state index in [4.69, 9.17) is 4.74 Å². The predicted octanol–water partition coefficient (Wildman–Crippen LogP) is 3.86. The lowest BCUT2D eigenvalue weighted by atomic mass is 9.98. The van der Waals surface area contributed by atoms with E-state index in [1.54, 1.807) is 0 Å². The number of aromatic nitrogens is 1. The van der Waals surface area contributed by atoms with Gasteiger partial charge in [-0.1, -0.05) is 50.6 Å². The average Bonchev–Trinajstić information content (AvgIpc) is 3.06. The van der Waals surface area contributed by atoms with Crippen molar-refractivity contribution in [3.63, 3.8) is 0 Å². The molecule has 1 atom stereocenters. The largest absolute Gasteiger partial charge is 0.379 e. The minimum Gasteiger partial charge on any atom is -0.379 e.